The maximum atomic E-state index is 5.66. The van der Waals surface area contributed by atoms with E-state index in [1.54, 1.807) is 0 Å². The van der Waals surface area contributed by atoms with Gasteiger partial charge >= 0.3 is 0 Å². The summed E-state index contributed by atoms with van der Waals surface area (Å²) >= 11 is 4.66. The van der Waals surface area contributed by atoms with Crippen molar-refractivity contribution in [1.82, 2.24) is 5.32 Å². The maximum absolute atomic E-state index is 5.66. The lowest BCUT2D eigenvalue weighted by atomic mass is 10.2. The van der Waals surface area contributed by atoms with Crippen LogP contribution in [0.5, 0.6) is 5.75 Å². The highest BCUT2D eigenvalue weighted by Gasteiger charge is 2.12. The fourth-order valence-corrected chi connectivity index (χ4v) is 3.48. The van der Waals surface area contributed by atoms with Crippen molar-refractivity contribution < 1.29 is 4.74 Å². The summed E-state index contributed by atoms with van der Waals surface area (Å²) in [5.74, 6) is 1.06. The van der Waals surface area contributed by atoms with Gasteiger partial charge in [-0.3, -0.25) is 0 Å². The molecule has 0 atom stereocenters. The quantitative estimate of drug-likeness (QED) is 0.675. The van der Waals surface area contributed by atoms with Crippen LogP contribution in [-0.4, -0.2) is 13.2 Å². The molecular weight excluding hydrogens is 392 g/mol. The van der Waals surface area contributed by atoms with Crippen molar-refractivity contribution in [1.29, 1.82) is 0 Å². The van der Waals surface area contributed by atoms with E-state index in [1.165, 1.54) is 12.7 Å². The summed E-state index contributed by atoms with van der Waals surface area (Å²) in [5, 5.41) is 3.33. The molecule has 1 N–H and O–H groups in total. The fourth-order valence-electron chi connectivity index (χ4n) is 1.35. The smallest absolute Gasteiger partial charge is 0.137 e. The Morgan fingerprint density at radius 2 is 2.15 bits per heavy atom. The van der Waals surface area contributed by atoms with E-state index in [1.807, 2.05) is 0 Å². The van der Waals surface area contributed by atoms with Gasteiger partial charge in [-0.15, -0.1) is 0 Å². The Bertz CT molecular complexity index is 328. The molecule has 0 spiro atoms. The monoisotopic (exact) mass is 401 g/mol. The highest BCUT2D eigenvalue weighted by Crippen LogP contribution is 2.29. The number of ether oxygens (including phenoxy) is 1. The standard InChI is InChI=1S/C9H9I2NO/c10-7-3-6-5-12-1-2-13-9(6)8(11)4-7/h3-4,12H,1-2,5H2. The molecule has 0 bridgehead atoms. The first-order valence-corrected chi connectivity index (χ1v) is 6.24. The molecule has 0 aliphatic carbocycles. The zero-order chi connectivity index (χ0) is 9.26. The molecule has 0 unspecified atom stereocenters. The second kappa shape index (κ2) is 4.31. The van der Waals surface area contributed by atoms with E-state index in [0.29, 0.717) is 0 Å². The molecule has 1 aromatic carbocycles. The number of fused-ring (bicyclic) bond motifs is 1. The van der Waals surface area contributed by atoms with Gasteiger partial charge in [0.1, 0.15) is 12.4 Å². The predicted molar refractivity (Wildman–Crippen MR) is 69.1 cm³/mol. The third-order valence-corrected chi connectivity index (χ3v) is 3.35. The first-order chi connectivity index (χ1) is 6.27. The van der Waals surface area contributed by atoms with E-state index in [9.17, 15) is 0 Å². The first kappa shape index (κ1) is 9.97. The number of rotatable bonds is 0. The minimum Gasteiger partial charge on any atom is -0.491 e. The highest BCUT2D eigenvalue weighted by atomic mass is 127. The number of nitrogens with one attached hydrogen (secondary N) is 1. The van der Waals surface area contributed by atoms with Crippen LogP contribution in [0.3, 0.4) is 0 Å². The molecule has 1 aromatic rings. The van der Waals surface area contributed by atoms with Crippen LogP contribution >= 0.6 is 45.2 Å². The van der Waals surface area contributed by atoms with Gasteiger partial charge in [0.25, 0.3) is 0 Å². The van der Waals surface area contributed by atoms with Crippen LogP contribution in [0.15, 0.2) is 12.1 Å². The van der Waals surface area contributed by atoms with Gasteiger partial charge in [-0.05, 0) is 57.3 Å². The summed E-state index contributed by atoms with van der Waals surface area (Å²) in [5.41, 5.74) is 1.27. The van der Waals surface area contributed by atoms with Crippen LogP contribution in [0.4, 0.5) is 0 Å². The molecular formula is C9H9I2NO. The molecule has 1 heterocycles. The Hall–Kier alpha value is 0.440. The lowest BCUT2D eigenvalue weighted by Gasteiger charge is -2.09. The largest absolute Gasteiger partial charge is 0.491 e. The molecule has 0 saturated heterocycles. The maximum Gasteiger partial charge on any atom is 0.137 e. The van der Waals surface area contributed by atoms with Gasteiger partial charge in [-0.2, -0.15) is 0 Å². The van der Waals surface area contributed by atoms with Crippen molar-refractivity contribution in [3.8, 4) is 5.75 Å². The molecule has 13 heavy (non-hydrogen) atoms. The summed E-state index contributed by atoms with van der Waals surface area (Å²) in [4.78, 5) is 0. The molecule has 0 radical (unpaired) electrons. The van der Waals surface area contributed by atoms with Gasteiger partial charge in [0, 0.05) is 22.2 Å². The number of halogens is 2. The summed E-state index contributed by atoms with van der Waals surface area (Å²) in [6, 6.07) is 4.32. The van der Waals surface area contributed by atoms with E-state index in [0.717, 1.165) is 25.4 Å². The molecule has 0 saturated carbocycles. The summed E-state index contributed by atoms with van der Waals surface area (Å²) < 4.78 is 8.14. The molecule has 1 aliphatic rings. The molecule has 4 heteroatoms. The summed E-state index contributed by atoms with van der Waals surface area (Å²) in [7, 11) is 0. The average Bonchev–Trinajstić information content (AvgIpc) is 2.28. The number of hydrogen-bond donors (Lipinski definition) is 1. The van der Waals surface area contributed by atoms with E-state index >= 15 is 0 Å². The minimum atomic E-state index is 0.767. The van der Waals surface area contributed by atoms with Gasteiger partial charge in [0.15, 0.2) is 0 Å². The van der Waals surface area contributed by atoms with E-state index in [4.69, 9.17) is 4.74 Å². The SMILES string of the molecule is Ic1cc(I)c2c(c1)CNCCO2. The highest BCUT2D eigenvalue weighted by molar-refractivity contribution is 14.1. The van der Waals surface area contributed by atoms with Crippen molar-refractivity contribution in [3.05, 3.63) is 24.8 Å². The number of benzene rings is 1. The third-order valence-electron chi connectivity index (χ3n) is 1.93. The van der Waals surface area contributed by atoms with Gasteiger partial charge in [0.05, 0.1) is 3.57 Å². The zero-order valence-corrected chi connectivity index (χ0v) is 11.3. The van der Waals surface area contributed by atoms with Crippen molar-refractivity contribution in [2.24, 2.45) is 0 Å². The van der Waals surface area contributed by atoms with E-state index in [2.05, 4.69) is 62.6 Å². The molecule has 70 valence electrons. The van der Waals surface area contributed by atoms with Gasteiger partial charge in [0.2, 0.25) is 0 Å². The van der Waals surface area contributed by atoms with Crippen molar-refractivity contribution >= 4 is 45.2 Å². The van der Waals surface area contributed by atoms with Crippen LogP contribution < -0.4 is 10.1 Å². The Labute approximate surface area is 105 Å². The Morgan fingerprint density at radius 3 is 3.00 bits per heavy atom. The second-order valence-electron chi connectivity index (χ2n) is 2.90. The van der Waals surface area contributed by atoms with Crippen LogP contribution in [0, 0.1) is 7.14 Å². The van der Waals surface area contributed by atoms with Crippen LogP contribution in [0.25, 0.3) is 0 Å². The Balaban J connectivity index is 2.47. The molecule has 0 aromatic heterocycles. The fraction of sp³-hybridized carbons (Fsp3) is 0.333. The lowest BCUT2D eigenvalue weighted by molar-refractivity contribution is 0.323. The molecule has 1 aliphatic heterocycles. The Morgan fingerprint density at radius 1 is 1.31 bits per heavy atom. The third kappa shape index (κ3) is 2.27. The first-order valence-electron chi connectivity index (χ1n) is 4.09. The molecule has 2 nitrogen and oxygen atoms in total. The van der Waals surface area contributed by atoms with E-state index in [-0.39, 0.29) is 0 Å². The number of hydrogen-bond acceptors (Lipinski definition) is 2. The van der Waals surface area contributed by atoms with Gasteiger partial charge in [-0.1, -0.05) is 0 Å². The van der Waals surface area contributed by atoms with Gasteiger partial charge < -0.3 is 10.1 Å². The van der Waals surface area contributed by atoms with Crippen LogP contribution in [-0.2, 0) is 6.54 Å². The molecule has 2 rings (SSSR count). The van der Waals surface area contributed by atoms with Crippen LogP contribution in [0.2, 0.25) is 0 Å². The second-order valence-corrected chi connectivity index (χ2v) is 5.31. The van der Waals surface area contributed by atoms with Crippen molar-refractivity contribution in [3.63, 3.8) is 0 Å². The van der Waals surface area contributed by atoms with Gasteiger partial charge in [-0.25, -0.2) is 0 Å². The zero-order valence-electron chi connectivity index (χ0n) is 6.94. The normalized spacial score (nSPS) is 15.8. The Kier molecular flexibility index (Phi) is 3.31. The average molecular weight is 401 g/mol. The molecule has 0 amide bonds. The topological polar surface area (TPSA) is 21.3 Å². The summed E-state index contributed by atoms with van der Waals surface area (Å²) in [6.45, 7) is 2.62. The van der Waals surface area contributed by atoms with E-state index < -0.39 is 0 Å². The molecule has 0 fully saturated rings. The lowest BCUT2D eigenvalue weighted by Crippen LogP contribution is -2.16. The van der Waals surface area contributed by atoms with Crippen LogP contribution in [0.1, 0.15) is 5.56 Å². The van der Waals surface area contributed by atoms with Crippen molar-refractivity contribution in [2.45, 2.75) is 6.54 Å². The summed E-state index contributed by atoms with van der Waals surface area (Å²) in [6.07, 6.45) is 0. The minimum absolute atomic E-state index is 0.767. The van der Waals surface area contributed by atoms with Crippen molar-refractivity contribution in [2.75, 3.05) is 13.2 Å². The predicted octanol–water partition coefficient (Wildman–Crippen LogP) is 2.38.